The van der Waals surface area contributed by atoms with Gasteiger partial charge in [0.1, 0.15) is 12.2 Å². The molecule has 9 nitrogen and oxygen atoms in total. The molecule has 9 heteroatoms. The standard InChI is InChI=1S/C29H26O9/c1-19(30)35-28-23(36-26(32)21-14-8-4-9-15-21)24(37-27(33)22-16-10-5-11-17-22)29(2,38-28)18-34-25(31)20-12-6-3-7-13-20/h3-17,23-24,28H,18H2,1-2H3/t23-,24+,28+,29-/m1/s1. The quantitative estimate of drug-likeness (QED) is 0.323. The first-order chi connectivity index (χ1) is 18.3. The summed E-state index contributed by atoms with van der Waals surface area (Å²) >= 11 is 0. The lowest BCUT2D eigenvalue weighted by molar-refractivity contribution is -0.201. The van der Waals surface area contributed by atoms with Gasteiger partial charge >= 0.3 is 23.9 Å². The molecule has 1 aliphatic rings. The second-order valence-corrected chi connectivity index (χ2v) is 8.78. The van der Waals surface area contributed by atoms with Crippen LogP contribution in [0.2, 0.25) is 0 Å². The molecule has 1 fully saturated rings. The van der Waals surface area contributed by atoms with Crippen molar-refractivity contribution < 1.29 is 42.9 Å². The highest BCUT2D eigenvalue weighted by atomic mass is 16.8. The smallest absolute Gasteiger partial charge is 0.338 e. The summed E-state index contributed by atoms with van der Waals surface area (Å²) in [6, 6.07) is 24.6. The molecule has 3 aromatic rings. The third kappa shape index (κ3) is 6.24. The molecule has 0 N–H and O–H groups in total. The lowest BCUT2D eigenvalue weighted by Crippen LogP contribution is -2.49. The zero-order valence-electron chi connectivity index (χ0n) is 20.8. The maximum atomic E-state index is 13.0. The molecule has 1 aliphatic heterocycles. The van der Waals surface area contributed by atoms with E-state index < -0.39 is 54.6 Å². The number of esters is 4. The number of rotatable bonds is 8. The molecule has 0 unspecified atom stereocenters. The molecular formula is C29H26O9. The van der Waals surface area contributed by atoms with Crippen LogP contribution in [0.1, 0.15) is 44.9 Å². The topological polar surface area (TPSA) is 114 Å². The van der Waals surface area contributed by atoms with Crippen LogP contribution < -0.4 is 0 Å². The molecule has 38 heavy (non-hydrogen) atoms. The van der Waals surface area contributed by atoms with Crippen LogP contribution in [0.15, 0.2) is 91.0 Å². The first-order valence-corrected chi connectivity index (χ1v) is 11.9. The Balaban J connectivity index is 1.64. The van der Waals surface area contributed by atoms with Gasteiger partial charge in [-0.25, -0.2) is 14.4 Å². The molecule has 0 aliphatic carbocycles. The van der Waals surface area contributed by atoms with Crippen molar-refractivity contribution in [3.8, 4) is 0 Å². The average Bonchev–Trinajstić information content (AvgIpc) is 3.18. The molecule has 4 rings (SSSR count). The SMILES string of the molecule is CC(=O)O[C@H]1O[C@](C)(COC(=O)c2ccccc2)[C@@H](OC(=O)c2ccccc2)[C@H]1OC(=O)c1ccccc1. The van der Waals surface area contributed by atoms with Crippen LogP contribution in [-0.2, 0) is 28.5 Å². The van der Waals surface area contributed by atoms with Gasteiger partial charge in [-0.3, -0.25) is 4.79 Å². The Hall–Kier alpha value is -4.50. The first-order valence-electron chi connectivity index (χ1n) is 11.9. The van der Waals surface area contributed by atoms with Crippen molar-refractivity contribution in [2.45, 2.75) is 37.9 Å². The van der Waals surface area contributed by atoms with Crippen molar-refractivity contribution in [3.05, 3.63) is 108 Å². The molecule has 0 aromatic heterocycles. The molecule has 1 heterocycles. The fourth-order valence-corrected chi connectivity index (χ4v) is 3.96. The predicted octanol–water partition coefficient (Wildman–Crippen LogP) is 3.97. The van der Waals surface area contributed by atoms with Gasteiger partial charge < -0.3 is 23.7 Å². The lowest BCUT2D eigenvalue weighted by atomic mass is 9.97. The van der Waals surface area contributed by atoms with Gasteiger partial charge in [-0.05, 0) is 43.3 Å². The molecular weight excluding hydrogens is 492 g/mol. The van der Waals surface area contributed by atoms with Crippen LogP contribution >= 0.6 is 0 Å². The maximum Gasteiger partial charge on any atom is 0.338 e. The molecule has 0 saturated carbocycles. The zero-order valence-corrected chi connectivity index (χ0v) is 20.8. The van der Waals surface area contributed by atoms with Gasteiger partial charge in [-0.1, -0.05) is 54.6 Å². The minimum Gasteiger partial charge on any atom is -0.459 e. The summed E-state index contributed by atoms with van der Waals surface area (Å²) in [7, 11) is 0. The first kappa shape index (κ1) is 26.6. The summed E-state index contributed by atoms with van der Waals surface area (Å²) in [5.74, 6) is -2.83. The summed E-state index contributed by atoms with van der Waals surface area (Å²) in [4.78, 5) is 50.5. The van der Waals surface area contributed by atoms with Crippen molar-refractivity contribution in [1.29, 1.82) is 0 Å². The van der Waals surface area contributed by atoms with Crippen LogP contribution in [0.3, 0.4) is 0 Å². The molecule has 0 amide bonds. The van der Waals surface area contributed by atoms with Crippen molar-refractivity contribution in [1.82, 2.24) is 0 Å². The molecule has 3 aromatic carbocycles. The molecule has 196 valence electrons. The average molecular weight is 519 g/mol. The van der Waals surface area contributed by atoms with Crippen LogP contribution in [0.25, 0.3) is 0 Å². The van der Waals surface area contributed by atoms with E-state index in [-0.39, 0.29) is 11.1 Å². The normalized spacial score (nSPS) is 22.2. The number of carbonyl (C=O) groups is 4. The fourth-order valence-electron chi connectivity index (χ4n) is 3.96. The van der Waals surface area contributed by atoms with Gasteiger partial charge in [0.05, 0.1) is 16.7 Å². The highest BCUT2D eigenvalue weighted by molar-refractivity contribution is 5.91. The van der Waals surface area contributed by atoms with E-state index in [0.29, 0.717) is 5.56 Å². The van der Waals surface area contributed by atoms with E-state index in [1.54, 1.807) is 91.0 Å². The van der Waals surface area contributed by atoms with E-state index in [0.717, 1.165) is 6.92 Å². The highest BCUT2D eigenvalue weighted by Gasteiger charge is 2.59. The van der Waals surface area contributed by atoms with E-state index >= 15 is 0 Å². The van der Waals surface area contributed by atoms with Crippen molar-refractivity contribution in [2.24, 2.45) is 0 Å². The summed E-state index contributed by atoms with van der Waals surface area (Å²) in [5.41, 5.74) is -0.779. The minimum atomic E-state index is -1.55. The highest BCUT2D eigenvalue weighted by Crippen LogP contribution is 2.37. The van der Waals surface area contributed by atoms with Crippen LogP contribution in [-0.4, -0.2) is 54.6 Å². The Morgan fingerprint density at radius 2 is 1.13 bits per heavy atom. The number of carbonyl (C=O) groups excluding carboxylic acids is 4. The number of hydrogen-bond donors (Lipinski definition) is 0. The van der Waals surface area contributed by atoms with Gasteiger partial charge in [-0.2, -0.15) is 0 Å². The van der Waals surface area contributed by atoms with E-state index in [4.69, 9.17) is 23.7 Å². The van der Waals surface area contributed by atoms with E-state index in [1.807, 2.05) is 0 Å². The van der Waals surface area contributed by atoms with Crippen molar-refractivity contribution in [2.75, 3.05) is 6.61 Å². The van der Waals surface area contributed by atoms with Crippen LogP contribution in [0, 0.1) is 0 Å². The third-order valence-electron chi connectivity index (χ3n) is 5.83. The molecule has 1 saturated heterocycles. The Kier molecular flexibility index (Phi) is 8.18. The van der Waals surface area contributed by atoms with E-state index in [2.05, 4.69) is 0 Å². The van der Waals surface area contributed by atoms with Gasteiger partial charge in [-0.15, -0.1) is 0 Å². The lowest BCUT2D eigenvalue weighted by Gasteiger charge is -2.30. The predicted molar refractivity (Wildman–Crippen MR) is 133 cm³/mol. The summed E-state index contributed by atoms with van der Waals surface area (Å²) in [6.45, 7) is 2.28. The fraction of sp³-hybridized carbons (Fsp3) is 0.241. The second-order valence-electron chi connectivity index (χ2n) is 8.78. The Labute approximate surface area is 219 Å². The zero-order chi connectivity index (χ0) is 27.1. The van der Waals surface area contributed by atoms with Gasteiger partial charge in [0.25, 0.3) is 0 Å². The third-order valence-corrected chi connectivity index (χ3v) is 5.83. The minimum absolute atomic E-state index is 0.228. The van der Waals surface area contributed by atoms with Crippen LogP contribution in [0.4, 0.5) is 0 Å². The molecule has 0 bridgehead atoms. The Morgan fingerprint density at radius 3 is 1.61 bits per heavy atom. The van der Waals surface area contributed by atoms with Crippen LogP contribution in [0.5, 0.6) is 0 Å². The van der Waals surface area contributed by atoms with Gasteiger partial charge in [0.2, 0.25) is 12.4 Å². The molecule has 0 spiro atoms. The Bertz CT molecular complexity index is 1280. The van der Waals surface area contributed by atoms with Gasteiger partial charge in [0.15, 0.2) is 6.10 Å². The summed E-state index contributed by atoms with van der Waals surface area (Å²) in [6.07, 6.45) is -4.11. The van der Waals surface area contributed by atoms with E-state index in [1.165, 1.54) is 6.92 Å². The maximum absolute atomic E-state index is 13.0. The summed E-state index contributed by atoms with van der Waals surface area (Å²) in [5, 5.41) is 0. The van der Waals surface area contributed by atoms with E-state index in [9.17, 15) is 19.2 Å². The number of benzene rings is 3. The van der Waals surface area contributed by atoms with Crippen molar-refractivity contribution in [3.63, 3.8) is 0 Å². The Morgan fingerprint density at radius 1 is 0.684 bits per heavy atom. The molecule has 4 atom stereocenters. The summed E-state index contributed by atoms with van der Waals surface area (Å²) < 4.78 is 28.2. The van der Waals surface area contributed by atoms with Crippen molar-refractivity contribution >= 4 is 23.9 Å². The monoisotopic (exact) mass is 518 g/mol. The molecule has 0 radical (unpaired) electrons. The number of hydrogen-bond acceptors (Lipinski definition) is 9. The van der Waals surface area contributed by atoms with Gasteiger partial charge in [0, 0.05) is 6.92 Å². The number of ether oxygens (including phenoxy) is 5. The second kappa shape index (κ2) is 11.7. The largest absolute Gasteiger partial charge is 0.459 e.